The van der Waals surface area contributed by atoms with Crippen molar-refractivity contribution >= 4 is 23.0 Å². The van der Waals surface area contributed by atoms with Gasteiger partial charge in [0.1, 0.15) is 5.75 Å². The van der Waals surface area contributed by atoms with Crippen molar-refractivity contribution in [3.8, 4) is 5.75 Å². The van der Waals surface area contributed by atoms with Crippen molar-refractivity contribution in [2.75, 3.05) is 11.9 Å². The highest BCUT2D eigenvalue weighted by Gasteiger charge is 2.10. The first kappa shape index (κ1) is 15.1. The predicted octanol–water partition coefficient (Wildman–Crippen LogP) is 4.26. The van der Waals surface area contributed by atoms with Crippen molar-refractivity contribution in [1.82, 2.24) is 0 Å². The van der Waals surface area contributed by atoms with Crippen LogP contribution in [0, 0.1) is 10.1 Å². The van der Waals surface area contributed by atoms with Gasteiger partial charge in [0.05, 0.1) is 22.2 Å². The van der Waals surface area contributed by atoms with Crippen LogP contribution in [0.25, 0.3) is 0 Å². The average molecular weight is 307 g/mol. The summed E-state index contributed by atoms with van der Waals surface area (Å²) in [6, 6.07) is 12.0. The molecule has 6 heteroatoms. The minimum Gasteiger partial charge on any atom is -0.494 e. The third-order valence-electron chi connectivity index (χ3n) is 2.91. The van der Waals surface area contributed by atoms with Gasteiger partial charge in [-0.25, -0.2) is 0 Å². The van der Waals surface area contributed by atoms with E-state index >= 15 is 0 Å². The predicted molar refractivity (Wildman–Crippen MR) is 83.0 cm³/mol. The van der Waals surface area contributed by atoms with E-state index in [1.807, 2.05) is 31.2 Å². The molecule has 1 N–H and O–H groups in total. The maximum Gasteiger partial charge on any atom is 0.271 e. The average Bonchev–Trinajstić information content (AvgIpc) is 2.47. The SMILES string of the molecule is CCOc1ccccc1CNc1ccc([N+](=O)[O-])cc1Cl. The third kappa shape index (κ3) is 3.86. The molecule has 0 aliphatic carbocycles. The van der Waals surface area contributed by atoms with Gasteiger partial charge in [-0.05, 0) is 19.1 Å². The fraction of sp³-hybridized carbons (Fsp3) is 0.200. The zero-order chi connectivity index (χ0) is 15.2. The van der Waals surface area contributed by atoms with E-state index in [2.05, 4.69) is 5.32 Å². The van der Waals surface area contributed by atoms with Crippen LogP contribution in [0.3, 0.4) is 0 Å². The van der Waals surface area contributed by atoms with E-state index in [9.17, 15) is 10.1 Å². The fourth-order valence-corrected chi connectivity index (χ4v) is 2.14. The van der Waals surface area contributed by atoms with Gasteiger partial charge in [-0.3, -0.25) is 10.1 Å². The van der Waals surface area contributed by atoms with Gasteiger partial charge in [-0.2, -0.15) is 0 Å². The van der Waals surface area contributed by atoms with Crippen LogP contribution in [-0.2, 0) is 6.54 Å². The fourth-order valence-electron chi connectivity index (χ4n) is 1.90. The number of hydrogen-bond donors (Lipinski definition) is 1. The zero-order valence-electron chi connectivity index (χ0n) is 11.5. The van der Waals surface area contributed by atoms with Crippen molar-refractivity contribution in [2.45, 2.75) is 13.5 Å². The Morgan fingerprint density at radius 2 is 2.05 bits per heavy atom. The molecular weight excluding hydrogens is 292 g/mol. The molecule has 0 spiro atoms. The maximum absolute atomic E-state index is 10.7. The number of benzene rings is 2. The van der Waals surface area contributed by atoms with Crippen LogP contribution in [0.1, 0.15) is 12.5 Å². The number of nitrogens with one attached hydrogen (secondary N) is 1. The van der Waals surface area contributed by atoms with Gasteiger partial charge in [-0.1, -0.05) is 29.8 Å². The number of nitro benzene ring substituents is 1. The smallest absolute Gasteiger partial charge is 0.271 e. The van der Waals surface area contributed by atoms with E-state index in [0.29, 0.717) is 23.9 Å². The molecule has 0 aliphatic rings. The topological polar surface area (TPSA) is 64.4 Å². The largest absolute Gasteiger partial charge is 0.494 e. The summed E-state index contributed by atoms with van der Waals surface area (Å²) >= 11 is 6.04. The molecule has 0 atom stereocenters. The summed E-state index contributed by atoms with van der Waals surface area (Å²) in [6.07, 6.45) is 0. The van der Waals surface area contributed by atoms with Gasteiger partial charge >= 0.3 is 0 Å². The quantitative estimate of drug-likeness (QED) is 0.640. The third-order valence-corrected chi connectivity index (χ3v) is 3.22. The van der Waals surface area contributed by atoms with Crippen molar-refractivity contribution in [3.63, 3.8) is 0 Å². The van der Waals surface area contributed by atoms with Crippen LogP contribution in [0.2, 0.25) is 5.02 Å². The van der Waals surface area contributed by atoms with Crippen molar-refractivity contribution in [3.05, 3.63) is 63.2 Å². The minimum atomic E-state index is -0.472. The lowest BCUT2D eigenvalue weighted by molar-refractivity contribution is -0.384. The number of non-ortho nitro benzene ring substituents is 1. The number of hydrogen-bond acceptors (Lipinski definition) is 4. The zero-order valence-corrected chi connectivity index (χ0v) is 12.3. The molecular formula is C15H15ClN2O3. The number of para-hydroxylation sites is 1. The molecule has 0 radical (unpaired) electrons. The minimum absolute atomic E-state index is 0.0275. The summed E-state index contributed by atoms with van der Waals surface area (Å²) < 4.78 is 5.54. The van der Waals surface area contributed by atoms with Gasteiger partial charge in [0, 0.05) is 24.2 Å². The molecule has 0 saturated carbocycles. The van der Waals surface area contributed by atoms with Gasteiger partial charge in [0.25, 0.3) is 5.69 Å². The first-order valence-electron chi connectivity index (χ1n) is 6.50. The van der Waals surface area contributed by atoms with E-state index in [0.717, 1.165) is 11.3 Å². The summed E-state index contributed by atoms with van der Waals surface area (Å²) in [7, 11) is 0. The van der Waals surface area contributed by atoms with E-state index in [4.69, 9.17) is 16.3 Å². The normalized spacial score (nSPS) is 10.2. The van der Waals surface area contributed by atoms with Gasteiger partial charge in [-0.15, -0.1) is 0 Å². The molecule has 0 fully saturated rings. The molecule has 2 rings (SSSR count). The Morgan fingerprint density at radius 1 is 1.29 bits per heavy atom. The number of halogens is 1. The number of nitro groups is 1. The molecule has 5 nitrogen and oxygen atoms in total. The second-order valence-corrected chi connectivity index (χ2v) is 4.72. The van der Waals surface area contributed by atoms with Crippen molar-refractivity contribution in [2.24, 2.45) is 0 Å². The lowest BCUT2D eigenvalue weighted by atomic mass is 10.2. The lowest BCUT2D eigenvalue weighted by Gasteiger charge is -2.12. The maximum atomic E-state index is 10.7. The van der Waals surface area contributed by atoms with Gasteiger partial charge in [0.2, 0.25) is 0 Å². The number of anilines is 1. The van der Waals surface area contributed by atoms with Crippen LogP contribution in [0.5, 0.6) is 5.75 Å². The Kier molecular flexibility index (Phi) is 5.00. The van der Waals surface area contributed by atoms with Crippen LogP contribution < -0.4 is 10.1 Å². The molecule has 110 valence electrons. The number of nitrogens with zero attached hydrogens (tertiary/aromatic N) is 1. The highest BCUT2D eigenvalue weighted by Crippen LogP contribution is 2.28. The van der Waals surface area contributed by atoms with Crippen LogP contribution in [-0.4, -0.2) is 11.5 Å². The molecule has 2 aromatic carbocycles. The molecule has 0 heterocycles. The van der Waals surface area contributed by atoms with Crippen molar-refractivity contribution < 1.29 is 9.66 Å². The Balaban J connectivity index is 2.11. The first-order valence-corrected chi connectivity index (χ1v) is 6.88. The van der Waals surface area contributed by atoms with Crippen LogP contribution in [0.15, 0.2) is 42.5 Å². The molecule has 0 amide bonds. The van der Waals surface area contributed by atoms with E-state index in [-0.39, 0.29) is 5.69 Å². The van der Waals surface area contributed by atoms with Crippen LogP contribution >= 0.6 is 11.6 Å². The Hall–Kier alpha value is -2.27. The van der Waals surface area contributed by atoms with Crippen molar-refractivity contribution in [1.29, 1.82) is 0 Å². The second kappa shape index (κ2) is 6.95. The molecule has 0 saturated heterocycles. The Labute approximate surface area is 127 Å². The van der Waals surface area contributed by atoms with E-state index in [1.54, 1.807) is 6.07 Å². The van der Waals surface area contributed by atoms with Gasteiger partial charge in [0.15, 0.2) is 0 Å². The van der Waals surface area contributed by atoms with Gasteiger partial charge < -0.3 is 10.1 Å². The second-order valence-electron chi connectivity index (χ2n) is 4.32. The molecule has 2 aromatic rings. The lowest BCUT2D eigenvalue weighted by Crippen LogP contribution is -2.03. The molecule has 0 unspecified atom stereocenters. The highest BCUT2D eigenvalue weighted by molar-refractivity contribution is 6.33. The molecule has 21 heavy (non-hydrogen) atoms. The monoisotopic (exact) mass is 306 g/mol. The Morgan fingerprint density at radius 3 is 2.71 bits per heavy atom. The molecule has 0 bridgehead atoms. The summed E-state index contributed by atoms with van der Waals surface area (Å²) in [6.45, 7) is 3.04. The first-order chi connectivity index (χ1) is 10.1. The van der Waals surface area contributed by atoms with Crippen LogP contribution in [0.4, 0.5) is 11.4 Å². The summed E-state index contributed by atoms with van der Waals surface area (Å²) in [5, 5.41) is 14.1. The van der Waals surface area contributed by atoms with E-state index < -0.39 is 4.92 Å². The standard InChI is InChI=1S/C15H15ClN2O3/c1-2-21-15-6-4-3-5-11(15)10-17-14-8-7-12(18(19)20)9-13(14)16/h3-9,17H,2,10H2,1H3. The summed E-state index contributed by atoms with van der Waals surface area (Å²) in [5.41, 5.74) is 1.61. The highest BCUT2D eigenvalue weighted by atomic mass is 35.5. The number of ether oxygens (including phenoxy) is 1. The van der Waals surface area contributed by atoms with E-state index in [1.165, 1.54) is 12.1 Å². The summed E-state index contributed by atoms with van der Waals surface area (Å²) in [5.74, 6) is 0.811. The number of rotatable bonds is 6. The molecule has 0 aromatic heterocycles. The summed E-state index contributed by atoms with van der Waals surface area (Å²) in [4.78, 5) is 10.2. The Bertz CT molecular complexity index is 647. The molecule has 0 aliphatic heterocycles.